The minimum absolute atomic E-state index is 0.131. The highest BCUT2D eigenvalue weighted by molar-refractivity contribution is 7.91. The summed E-state index contributed by atoms with van der Waals surface area (Å²) in [6.45, 7) is 2.47. The Kier molecular flexibility index (Phi) is 4.90. The van der Waals surface area contributed by atoms with Gasteiger partial charge in [0.25, 0.3) is 0 Å². The molecule has 0 aliphatic heterocycles. The average Bonchev–Trinajstić information content (AvgIpc) is 2.87. The third-order valence-electron chi connectivity index (χ3n) is 4.88. The molecule has 0 aromatic carbocycles. The highest BCUT2D eigenvalue weighted by Crippen LogP contribution is 2.40. The number of ketones is 1. The van der Waals surface area contributed by atoms with Crippen LogP contribution in [0.4, 0.5) is 0 Å². The van der Waals surface area contributed by atoms with Crippen molar-refractivity contribution in [1.29, 1.82) is 0 Å². The minimum Gasteiger partial charge on any atom is -0.367 e. The average molecular weight is 302 g/mol. The molecule has 0 aromatic rings. The fourth-order valence-electron chi connectivity index (χ4n) is 3.83. The van der Waals surface area contributed by atoms with E-state index in [-0.39, 0.29) is 17.0 Å². The molecule has 0 radical (unpaired) electrons. The second-order valence-corrected chi connectivity index (χ2v) is 8.64. The SMILES string of the molecule is CCOC1(C(=O)C2CCCC(S(C)(=O)=O)C2)CCCC1. The van der Waals surface area contributed by atoms with Crippen molar-refractivity contribution in [3.63, 3.8) is 0 Å². The summed E-state index contributed by atoms with van der Waals surface area (Å²) in [5, 5.41) is -0.342. The van der Waals surface area contributed by atoms with Crippen LogP contribution in [0, 0.1) is 5.92 Å². The van der Waals surface area contributed by atoms with Crippen molar-refractivity contribution in [2.45, 2.75) is 69.1 Å². The predicted octanol–water partition coefficient (Wildman–Crippen LogP) is 2.51. The summed E-state index contributed by atoms with van der Waals surface area (Å²) in [7, 11) is -3.04. The Labute approximate surface area is 122 Å². The molecule has 2 unspecified atom stereocenters. The van der Waals surface area contributed by atoms with Gasteiger partial charge >= 0.3 is 0 Å². The van der Waals surface area contributed by atoms with Gasteiger partial charge in [0.05, 0.1) is 5.25 Å². The van der Waals surface area contributed by atoms with Gasteiger partial charge in [-0.2, -0.15) is 0 Å². The van der Waals surface area contributed by atoms with Crippen LogP contribution in [-0.2, 0) is 19.4 Å². The molecule has 0 heterocycles. The van der Waals surface area contributed by atoms with Crippen LogP contribution in [0.1, 0.15) is 58.3 Å². The third-order valence-corrected chi connectivity index (χ3v) is 6.52. The van der Waals surface area contributed by atoms with E-state index in [2.05, 4.69) is 0 Å². The number of Topliss-reactive ketones (excluding diaryl/α,β-unsaturated/α-hetero) is 1. The molecular formula is C15H26O4S. The Morgan fingerprint density at radius 1 is 1.20 bits per heavy atom. The van der Waals surface area contributed by atoms with E-state index in [0.29, 0.717) is 19.4 Å². The van der Waals surface area contributed by atoms with Gasteiger partial charge in [-0.05, 0) is 51.9 Å². The van der Waals surface area contributed by atoms with Crippen molar-refractivity contribution in [2.24, 2.45) is 5.92 Å². The lowest BCUT2D eigenvalue weighted by Gasteiger charge is -2.35. The molecule has 2 atom stereocenters. The van der Waals surface area contributed by atoms with Crippen LogP contribution < -0.4 is 0 Å². The third kappa shape index (κ3) is 3.25. The Hall–Kier alpha value is -0.420. The summed E-state index contributed by atoms with van der Waals surface area (Å²) in [6.07, 6.45) is 7.81. The first-order valence-corrected chi connectivity index (χ1v) is 9.71. The second-order valence-electron chi connectivity index (χ2n) is 6.31. The first kappa shape index (κ1) is 16.0. The molecule has 0 bridgehead atoms. The van der Waals surface area contributed by atoms with Gasteiger partial charge in [0.2, 0.25) is 0 Å². The van der Waals surface area contributed by atoms with E-state index in [4.69, 9.17) is 4.74 Å². The largest absolute Gasteiger partial charge is 0.367 e. The molecule has 0 N–H and O–H groups in total. The fourth-order valence-corrected chi connectivity index (χ4v) is 5.00. The molecule has 0 saturated heterocycles. The summed E-state index contributed by atoms with van der Waals surface area (Å²) >= 11 is 0. The van der Waals surface area contributed by atoms with Gasteiger partial charge in [-0.3, -0.25) is 4.79 Å². The van der Waals surface area contributed by atoms with E-state index in [0.717, 1.165) is 38.5 Å². The van der Waals surface area contributed by atoms with E-state index in [1.165, 1.54) is 6.26 Å². The predicted molar refractivity (Wildman–Crippen MR) is 78.4 cm³/mol. The molecular weight excluding hydrogens is 276 g/mol. The second kappa shape index (κ2) is 6.14. The van der Waals surface area contributed by atoms with Gasteiger partial charge in [0.1, 0.15) is 15.4 Å². The van der Waals surface area contributed by atoms with Crippen molar-refractivity contribution >= 4 is 15.6 Å². The van der Waals surface area contributed by atoms with Crippen LogP contribution in [0.3, 0.4) is 0 Å². The maximum absolute atomic E-state index is 12.9. The monoisotopic (exact) mass is 302 g/mol. The van der Waals surface area contributed by atoms with Gasteiger partial charge in [-0.25, -0.2) is 8.42 Å². The van der Waals surface area contributed by atoms with Crippen molar-refractivity contribution in [3.05, 3.63) is 0 Å². The van der Waals surface area contributed by atoms with Crippen molar-refractivity contribution < 1.29 is 17.9 Å². The van der Waals surface area contributed by atoms with E-state index in [1.54, 1.807) is 0 Å². The van der Waals surface area contributed by atoms with Crippen LogP contribution in [0.25, 0.3) is 0 Å². The highest BCUT2D eigenvalue weighted by Gasteiger charge is 2.46. The summed E-state index contributed by atoms with van der Waals surface area (Å²) in [4.78, 5) is 12.9. The summed E-state index contributed by atoms with van der Waals surface area (Å²) < 4.78 is 29.3. The van der Waals surface area contributed by atoms with Crippen LogP contribution in [-0.4, -0.2) is 37.9 Å². The van der Waals surface area contributed by atoms with Gasteiger partial charge in [-0.1, -0.05) is 6.42 Å². The van der Waals surface area contributed by atoms with Gasteiger partial charge in [0, 0.05) is 18.8 Å². The highest BCUT2D eigenvalue weighted by atomic mass is 32.2. The maximum Gasteiger partial charge on any atom is 0.167 e. The number of ether oxygens (including phenoxy) is 1. The Balaban J connectivity index is 2.11. The summed E-state index contributed by atoms with van der Waals surface area (Å²) in [6, 6.07) is 0. The first-order valence-electron chi connectivity index (χ1n) is 7.76. The lowest BCUT2D eigenvalue weighted by molar-refractivity contribution is -0.148. The molecule has 5 heteroatoms. The molecule has 2 rings (SSSR count). The summed E-state index contributed by atoms with van der Waals surface area (Å²) in [5.74, 6) is 0.0401. The smallest absolute Gasteiger partial charge is 0.167 e. The van der Waals surface area contributed by atoms with Gasteiger partial charge in [-0.15, -0.1) is 0 Å². The number of sulfone groups is 1. The number of hydrogen-bond acceptors (Lipinski definition) is 4. The number of rotatable bonds is 5. The molecule has 116 valence electrons. The zero-order valence-electron chi connectivity index (χ0n) is 12.6. The molecule has 2 aliphatic rings. The van der Waals surface area contributed by atoms with E-state index >= 15 is 0 Å². The normalized spacial score (nSPS) is 30.3. The van der Waals surface area contributed by atoms with Gasteiger partial charge < -0.3 is 4.74 Å². The molecule has 20 heavy (non-hydrogen) atoms. The molecule has 0 aromatic heterocycles. The van der Waals surface area contributed by atoms with Crippen molar-refractivity contribution in [3.8, 4) is 0 Å². The van der Waals surface area contributed by atoms with Gasteiger partial charge in [0.15, 0.2) is 5.78 Å². The van der Waals surface area contributed by atoms with E-state index < -0.39 is 15.4 Å². The fraction of sp³-hybridized carbons (Fsp3) is 0.933. The van der Waals surface area contributed by atoms with Crippen LogP contribution in [0.2, 0.25) is 0 Å². The maximum atomic E-state index is 12.9. The van der Waals surface area contributed by atoms with E-state index in [9.17, 15) is 13.2 Å². The zero-order chi connectivity index (χ0) is 14.8. The zero-order valence-corrected chi connectivity index (χ0v) is 13.4. The molecule has 0 amide bonds. The molecule has 0 spiro atoms. The lowest BCUT2D eigenvalue weighted by atomic mass is 9.78. The molecule has 2 aliphatic carbocycles. The van der Waals surface area contributed by atoms with Crippen LogP contribution in [0.15, 0.2) is 0 Å². The molecule has 2 fully saturated rings. The number of hydrogen-bond donors (Lipinski definition) is 0. The standard InChI is InChI=1S/C15H26O4S/c1-3-19-15(9-4-5-10-15)14(16)12-7-6-8-13(11-12)20(2,17)18/h12-13H,3-11H2,1-2H3. The Morgan fingerprint density at radius 3 is 2.40 bits per heavy atom. The molecule has 4 nitrogen and oxygen atoms in total. The number of carbonyl (C=O) groups is 1. The number of carbonyl (C=O) groups excluding carboxylic acids is 1. The Morgan fingerprint density at radius 2 is 1.85 bits per heavy atom. The van der Waals surface area contributed by atoms with E-state index in [1.807, 2.05) is 6.92 Å². The van der Waals surface area contributed by atoms with Crippen molar-refractivity contribution in [1.82, 2.24) is 0 Å². The molecule has 2 saturated carbocycles. The van der Waals surface area contributed by atoms with Crippen molar-refractivity contribution in [2.75, 3.05) is 12.9 Å². The quantitative estimate of drug-likeness (QED) is 0.783. The minimum atomic E-state index is -3.04. The topological polar surface area (TPSA) is 60.4 Å². The summed E-state index contributed by atoms with van der Waals surface area (Å²) in [5.41, 5.74) is -0.612. The van der Waals surface area contributed by atoms with Crippen LogP contribution >= 0.6 is 0 Å². The Bertz CT molecular complexity index is 448. The first-order chi connectivity index (χ1) is 9.39. The lowest BCUT2D eigenvalue weighted by Crippen LogP contribution is -2.45. The van der Waals surface area contributed by atoms with Crippen LogP contribution in [0.5, 0.6) is 0 Å².